The average Bonchev–Trinajstić information content (AvgIpc) is 3.13. The Labute approximate surface area is 149 Å². The molecular formula is C19H15N3O2S. The minimum absolute atomic E-state index is 0.0643. The van der Waals surface area contributed by atoms with Crippen LogP contribution in [0.3, 0.4) is 0 Å². The molecule has 0 saturated carbocycles. The molecule has 0 radical (unpaired) electrons. The first-order chi connectivity index (χ1) is 12.2. The maximum Gasteiger partial charge on any atom is 0.189 e. The van der Waals surface area contributed by atoms with E-state index in [1.165, 1.54) is 11.3 Å². The largest absolute Gasteiger partial charge is 0.497 e. The van der Waals surface area contributed by atoms with Crippen molar-refractivity contribution in [1.29, 1.82) is 0 Å². The third kappa shape index (κ3) is 3.08. The quantitative estimate of drug-likeness (QED) is 0.673. The van der Waals surface area contributed by atoms with Gasteiger partial charge in [0.05, 0.1) is 12.8 Å². The highest BCUT2D eigenvalue weighted by molar-refractivity contribution is 7.13. The fourth-order valence-corrected chi connectivity index (χ4v) is 3.58. The van der Waals surface area contributed by atoms with Crippen LogP contribution in [0, 0.1) is 0 Å². The number of methoxy groups -OCH3 is 1. The number of aryl methyl sites for hydroxylation is 1. The summed E-state index contributed by atoms with van der Waals surface area (Å²) in [6.07, 6.45) is 6.78. The van der Waals surface area contributed by atoms with Crippen LogP contribution in [0.1, 0.15) is 28.0 Å². The highest BCUT2D eigenvalue weighted by Gasteiger charge is 2.22. The van der Waals surface area contributed by atoms with Gasteiger partial charge in [-0.2, -0.15) is 0 Å². The molecule has 5 nitrogen and oxygen atoms in total. The Morgan fingerprint density at radius 2 is 2.04 bits per heavy atom. The highest BCUT2D eigenvalue weighted by atomic mass is 32.1. The minimum atomic E-state index is 0.0643. The number of hydrogen-bond donors (Lipinski definition) is 0. The van der Waals surface area contributed by atoms with Crippen molar-refractivity contribution in [2.24, 2.45) is 0 Å². The van der Waals surface area contributed by atoms with Gasteiger partial charge in [-0.3, -0.25) is 4.79 Å². The minimum Gasteiger partial charge on any atom is -0.497 e. The van der Waals surface area contributed by atoms with Crippen molar-refractivity contribution in [3.8, 4) is 16.6 Å². The van der Waals surface area contributed by atoms with Crippen LogP contribution in [-0.2, 0) is 6.42 Å². The van der Waals surface area contributed by atoms with Crippen LogP contribution in [0.5, 0.6) is 5.75 Å². The number of thiazole rings is 1. The molecule has 0 aliphatic heterocycles. The van der Waals surface area contributed by atoms with Crippen LogP contribution < -0.4 is 4.74 Å². The van der Waals surface area contributed by atoms with Crippen LogP contribution in [0.15, 0.2) is 47.6 Å². The second kappa shape index (κ2) is 6.57. The number of hydrogen-bond acceptors (Lipinski definition) is 6. The Hall–Kier alpha value is -2.86. The van der Waals surface area contributed by atoms with Gasteiger partial charge >= 0.3 is 0 Å². The molecule has 25 heavy (non-hydrogen) atoms. The molecule has 2 heterocycles. The summed E-state index contributed by atoms with van der Waals surface area (Å²) in [5.74, 6) is 1.45. The molecule has 1 aromatic carbocycles. The number of ether oxygens (including phenoxy) is 1. The first kappa shape index (κ1) is 15.7. The van der Waals surface area contributed by atoms with E-state index < -0.39 is 0 Å². The molecule has 0 bridgehead atoms. The van der Waals surface area contributed by atoms with E-state index in [2.05, 4.69) is 15.0 Å². The number of aromatic nitrogens is 3. The Balaban J connectivity index is 1.62. The Bertz CT molecular complexity index is 964. The summed E-state index contributed by atoms with van der Waals surface area (Å²) in [6, 6.07) is 7.38. The van der Waals surface area contributed by atoms with Gasteiger partial charge in [-0.15, -0.1) is 11.3 Å². The topological polar surface area (TPSA) is 65.0 Å². The Morgan fingerprint density at radius 3 is 2.84 bits per heavy atom. The van der Waals surface area contributed by atoms with Gasteiger partial charge in [0.2, 0.25) is 0 Å². The van der Waals surface area contributed by atoms with Crippen molar-refractivity contribution in [1.82, 2.24) is 15.0 Å². The average molecular weight is 349 g/mol. The maximum absolute atomic E-state index is 12.7. The van der Waals surface area contributed by atoms with E-state index in [1.54, 1.807) is 25.6 Å². The molecular weight excluding hydrogens is 334 g/mol. The van der Waals surface area contributed by atoms with E-state index in [1.807, 2.05) is 29.7 Å². The van der Waals surface area contributed by atoms with E-state index in [-0.39, 0.29) is 5.78 Å². The zero-order valence-corrected chi connectivity index (χ0v) is 14.4. The van der Waals surface area contributed by atoms with Gasteiger partial charge in [0.15, 0.2) is 16.6 Å². The third-order valence-corrected chi connectivity index (χ3v) is 4.97. The molecule has 0 unspecified atom stereocenters. The molecule has 2 aromatic heterocycles. The summed E-state index contributed by atoms with van der Waals surface area (Å²) in [5.41, 5.74) is 3.34. The molecule has 6 heteroatoms. The number of benzene rings is 1. The number of allylic oxidation sites excluding steroid dienone is 1. The van der Waals surface area contributed by atoms with Crippen LogP contribution in [0.4, 0.5) is 0 Å². The van der Waals surface area contributed by atoms with Gasteiger partial charge in [-0.25, -0.2) is 15.0 Å². The number of fused-ring (bicyclic) bond motifs is 1. The number of carbonyl (C=O) groups is 1. The molecule has 124 valence electrons. The summed E-state index contributed by atoms with van der Waals surface area (Å²) in [4.78, 5) is 25.7. The SMILES string of the molecule is COc1ccc2c(c1)CC/C(=C/c1csc(-c3ncccn3)n1)C2=O. The summed E-state index contributed by atoms with van der Waals surface area (Å²) in [5, 5.41) is 2.68. The number of Topliss-reactive ketones (excluding diaryl/α,β-unsaturated/α-hetero) is 1. The second-order valence-electron chi connectivity index (χ2n) is 5.67. The molecule has 0 saturated heterocycles. The highest BCUT2D eigenvalue weighted by Crippen LogP contribution is 2.30. The van der Waals surface area contributed by atoms with Gasteiger partial charge in [-0.05, 0) is 48.7 Å². The number of rotatable bonds is 3. The summed E-state index contributed by atoms with van der Waals surface area (Å²) in [6.45, 7) is 0. The summed E-state index contributed by atoms with van der Waals surface area (Å²) >= 11 is 1.47. The number of carbonyl (C=O) groups excluding carboxylic acids is 1. The van der Waals surface area contributed by atoms with Crippen molar-refractivity contribution >= 4 is 23.2 Å². The zero-order valence-electron chi connectivity index (χ0n) is 13.6. The second-order valence-corrected chi connectivity index (χ2v) is 6.53. The molecule has 1 aliphatic carbocycles. The van der Waals surface area contributed by atoms with Crippen molar-refractivity contribution in [3.63, 3.8) is 0 Å². The van der Waals surface area contributed by atoms with Crippen molar-refractivity contribution in [3.05, 3.63) is 64.4 Å². The van der Waals surface area contributed by atoms with E-state index in [4.69, 9.17) is 4.74 Å². The lowest BCUT2D eigenvalue weighted by molar-refractivity contribution is 0.102. The van der Waals surface area contributed by atoms with Crippen molar-refractivity contribution in [2.45, 2.75) is 12.8 Å². The van der Waals surface area contributed by atoms with Gasteiger partial charge < -0.3 is 4.74 Å². The normalized spacial score (nSPS) is 15.2. The van der Waals surface area contributed by atoms with E-state index in [9.17, 15) is 4.79 Å². The lowest BCUT2D eigenvalue weighted by Gasteiger charge is -2.18. The van der Waals surface area contributed by atoms with Gasteiger partial charge in [0, 0.05) is 28.9 Å². The molecule has 0 fully saturated rings. The fraction of sp³-hybridized carbons (Fsp3) is 0.158. The molecule has 3 aromatic rings. The molecule has 0 amide bonds. The van der Waals surface area contributed by atoms with E-state index >= 15 is 0 Å². The monoisotopic (exact) mass is 349 g/mol. The molecule has 4 rings (SSSR count). The maximum atomic E-state index is 12.7. The van der Waals surface area contributed by atoms with Crippen LogP contribution in [0.2, 0.25) is 0 Å². The number of ketones is 1. The van der Waals surface area contributed by atoms with Crippen molar-refractivity contribution in [2.75, 3.05) is 7.11 Å². The van der Waals surface area contributed by atoms with Gasteiger partial charge in [0.25, 0.3) is 0 Å². The van der Waals surface area contributed by atoms with Crippen LogP contribution >= 0.6 is 11.3 Å². The third-order valence-electron chi connectivity index (χ3n) is 4.11. The first-order valence-electron chi connectivity index (χ1n) is 7.89. The molecule has 0 N–H and O–H groups in total. The van der Waals surface area contributed by atoms with Crippen LogP contribution in [0.25, 0.3) is 16.9 Å². The van der Waals surface area contributed by atoms with Crippen LogP contribution in [-0.4, -0.2) is 27.8 Å². The molecule has 0 spiro atoms. The zero-order chi connectivity index (χ0) is 17.2. The Kier molecular flexibility index (Phi) is 4.11. The number of nitrogens with zero attached hydrogens (tertiary/aromatic N) is 3. The van der Waals surface area contributed by atoms with E-state index in [0.29, 0.717) is 12.2 Å². The predicted molar refractivity (Wildman–Crippen MR) is 96.8 cm³/mol. The smallest absolute Gasteiger partial charge is 0.189 e. The van der Waals surface area contributed by atoms with E-state index in [0.717, 1.165) is 39.6 Å². The van der Waals surface area contributed by atoms with Crippen molar-refractivity contribution < 1.29 is 9.53 Å². The molecule has 1 aliphatic rings. The lowest BCUT2D eigenvalue weighted by Crippen LogP contribution is -2.14. The van der Waals surface area contributed by atoms with Gasteiger partial charge in [-0.1, -0.05) is 0 Å². The fourth-order valence-electron chi connectivity index (χ4n) is 2.86. The molecule has 0 atom stereocenters. The standard InChI is InChI=1S/C19H15N3O2S/c1-24-15-5-6-16-12(10-15)3-4-13(17(16)23)9-14-11-25-19(22-14)18-20-7-2-8-21-18/h2,5-11H,3-4H2,1H3/b13-9-. The lowest BCUT2D eigenvalue weighted by atomic mass is 9.86. The predicted octanol–water partition coefficient (Wildman–Crippen LogP) is 3.82. The first-order valence-corrected chi connectivity index (χ1v) is 8.77. The summed E-state index contributed by atoms with van der Waals surface area (Å²) in [7, 11) is 1.63. The Morgan fingerprint density at radius 1 is 1.20 bits per heavy atom. The van der Waals surface area contributed by atoms with Gasteiger partial charge in [0.1, 0.15) is 5.75 Å². The summed E-state index contributed by atoms with van der Waals surface area (Å²) < 4.78 is 5.24.